The lowest BCUT2D eigenvalue weighted by molar-refractivity contribution is 0.000710. The van der Waals surface area contributed by atoms with E-state index in [2.05, 4.69) is 12.2 Å². The summed E-state index contributed by atoms with van der Waals surface area (Å²) < 4.78 is 10.6. The summed E-state index contributed by atoms with van der Waals surface area (Å²) in [5, 5.41) is 3.25. The van der Waals surface area contributed by atoms with Gasteiger partial charge in [0.2, 0.25) is 0 Å². The van der Waals surface area contributed by atoms with Gasteiger partial charge in [-0.1, -0.05) is 0 Å². The minimum atomic E-state index is 0.227. The molecule has 2 atom stereocenters. The number of methoxy groups -OCH3 is 1. The van der Waals surface area contributed by atoms with Crippen LogP contribution in [0.2, 0.25) is 0 Å². The van der Waals surface area contributed by atoms with Crippen molar-refractivity contribution in [3.05, 3.63) is 0 Å². The maximum Gasteiger partial charge on any atom is 0.0928 e. The maximum absolute atomic E-state index is 5.42. The summed E-state index contributed by atoms with van der Waals surface area (Å²) in [6.07, 6.45) is 0.546. The fourth-order valence-corrected chi connectivity index (χ4v) is 0.988. The van der Waals surface area contributed by atoms with Crippen molar-refractivity contribution in [3.8, 4) is 0 Å². The molecule has 1 fully saturated rings. The molecule has 0 bridgehead atoms. The molecule has 0 aromatic heterocycles. The van der Waals surface area contributed by atoms with Crippen LogP contribution in [0.4, 0.5) is 0 Å². The van der Waals surface area contributed by atoms with Gasteiger partial charge < -0.3 is 14.8 Å². The summed E-state index contributed by atoms with van der Waals surface area (Å²) in [5.41, 5.74) is 0. The van der Waals surface area contributed by atoms with Crippen LogP contribution in [0.5, 0.6) is 0 Å². The zero-order valence-electron chi connectivity index (χ0n) is 6.59. The quantitative estimate of drug-likeness (QED) is 0.564. The van der Waals surface area contributed by atoms with E-state index in [9.17, 15) is 0 Å². The second-order valence-electron chi connectivity index (χ2n) is 2.66. The minimum absolute atomic E-state index is 0.227. The van der Waals surface area contributed by atoms with Gasteiger partial charge in [-0.2, -0.15) is 0 Å². The zero-order chi connectivity index (χ0) is 7.40. The summed E-state index contributed by atoms with van der Waals surface area (Å²) in [6, 6.07) is 0. The Hall–Kier alpha value is -0.120. The predicted molar refractivity (Wildman–Crippen MR) is 39.1 cm³/mol. The fourth-order valence-electron chi connectivity index (χ4n) is 0.988. The van der Waals surface area contributed by atoms with Crippen LogP contribution in [0.3, 0.4) is 0 Å². The molecule has 10 heavy (non-hydrogen) atoms. The Kier molecular flexibility index (Phi) is 3.12. The van der Waals surface area contributed by atoms with Gasteiger partial charge in [-0.15, -0.1) is 0 Å². The highest BCUT2D eigenvalue weighted by molar-refractivity contribution is 4.67. The molecule has 1 rings (SSSR count). The van der Waals surface area contributed by atoms with Crippen molar-refractivity contribution in [2.24, 2.45) is 0 Å². The maximum atomic E-state index is 5.42. The molecular weight excluding hydrogens is 130 g/mol. The Morgan fingerprint density at radius 1 is 1.50 bits per heavy atom. The van der Waals surface area contributed by atoms with Crippen molar-refractivity contribution in [2.75, 3.05) is 26.8 Å². The number of hydrogen-bond acceptors (Lipinski definition) is 3. The summed E-state index contributed by atoms with van der Waals surface area (Å²) in [6.45, 7) is 4.61. The molecule has 3 nitrogen and oxygen atoms in total. The van der Waals surface area contributed by atoms with E-state index in [0.717, 1.165) is 13.1 Å². The van der Waals surface area contributed by atoms with Crippen LogP contribution in [-0.2, 0) is 9.47 Å². The molecule has 0 amide bonds. The van der Waals surface area contributed by atoms with Gasteiger partial charge in [0, 0.05) is 20.2 Å². The van der Waals surface area contributed by atoms with Gasteiger partial charge >= 0.3 is 0 Å². The number of hydrogen-bond donors (Lipinski definition) is 1. The molecular formula is C7H15NO2. The van der Waals surface area contributed by atoms with E-state index in [1.165, 1.54) is 0 Å². The van der Waals surface area contributed by atoms with Gasteiger partial charge in [-0.25, -0.2) is 0 Å². The summed E-state index contributed by atoms with van der Waals surface area (Å²) in [5.74, 6) is 0. The second kappa shape index (κ2) is 3.91. The molecule has 1 saturated heterocycles. The summed E-state index contributed by atoms with van der Waals surface area (Å²) in [7, 11) is 1.71. The lowest BCUT2D eigenvalue weighted by Crippen LogP contribution is -2.29. The minimum Gasteiger partial charge on any atom is -0.378 e. The van der Waals surface area contributed by atoms with Crippen molar-refractivity contribution in [1.82, 2.24) is 5.32 Å². The highest BCUT2D eigenvalue weighted by atomic mass is 16.5. The van der Waals surface area contributed by atoms with Gasteiger partial charge in [0.1, 0.15) is 0 Å². The molecule has 0 aromatic carbocycles. The first kappa shape index (κ1) is 7.98. The molecule has 0 aromatic rings. The van der Waals surface area contributed by atoms with Crippen molar-refractivity contribution in [1.29, 1.82) is 0 Å². The molecule has 0 radical (unpaired) electrons. The topological polar surface area (TPSA) is 30.5 Å². The number of ether oxygens (including phenoxy) is 2. The smallest absolute Gasteiger partial charge is 0.0928 e. The van der Waals surface area contributed by atoms with E-state index in [-0.39, 0.29) is 6.10 Å². The van der Waals surface area contributed by atoms with Gasteiger partial charge in [0.05, 0.1) is 18.8 Å². The Balaban J connectivity index is 2.26. The van der Waals surface area contributed by atoms with E-state index in [1.54, 1.807) is 7.11 Å². The first-order chi connectivity index (χ1) is 4.83. The Bertz CT molecular complexity index is 97.6. The molecule has 1 aliphatic heterocycles. The molecule has 60 valence electrons. The van der Waals surface area contributed by atoms with Crippen LogP contribution in [0.1, 0.15) is 6.92 Å². The van der Waals surface area contributed by atoms with E-state index in [0.29, 0.717) is 12.7 Å². The van der Waals surface area contributed by atoms with Gasteiger partial charge in [-0.3, -0.25) is 0 Å². The number of rotatable bonds is 1. The van der Waals surface area contributed by atoms with E-state index < -0.39 is 0 Å². The van der Waals surface area contributed by atoms with Crippen molar-refractivity contribution in [3.63, 3.8) is 0 Å². The summed E-state index contributed by atoms with van der Waals surface area (Å²) in [4.78, 5) is 0. The average Bonchev–Trinajstić information content (AvgIpc) is 2.14. The Morgan fingerprint density at radius 2 is 2.30 bits per heavy atom. The fraction of sp³-hybridized carbons (Fsp3) is 1.00. The van der Waals surface area contributed by atoms with Gasteiger partial charge in [0.25, 0.3) is 0 Å². The van der Waals surface area contributed by atoms with Gasteiger partial charge in [0.15, 0.2) is 0 Å². The van der Waals surface area contributed by atoms with Crippen LogP contribution < -0.4 is 5.32 Å². The standard InChI is InChI=1S/C7H15NO2/c1-6-3-8-4-7(9-2)5-10-6/h6-8H,3-5H2,1-2H3. The Labute approximate surface area is 61.7 Å². The van der Waals surface area contributed by atoms with Crippen molar-refractivity contribution >= 4 is 0 Å². The lowest BCUT2D eigenvalue weighted by atomic mass is 10.4. The van der Waals surface area contributed by atoms with E-state index in [1.807, 2.05) is 0 Å². The van der Waals surface area contributed by atoms with Crippen LogP contribution in [0, 0.1) is 0 Å². The third-order valence-electron chi connectivity index (χ3n) is 1.70. The average molecular weight is 145 g/mol. The van der Waals surface area contributed by atoms with Gasteiger partial charge in [-0.05, 0) is 6.92 Å². The number of nitrogens with one attached hydrogen (secondary N) is 1. The molecule has 0 aliphatic carbocycles. The van der Waals surface area contributed by atoms with E-state index in [4.69, 9.17) is 9.47 Å². The van der Waals surface area contributed by atoms with Crippen LogP contribution in [-0.4, -0.2) is 39.0 Å². The molecule has 1 N–H and O–H groups in total. The summed E-state index contributed by atoms with van der Waals surface area (Å²) >= 11 is 0. The van der Waals surface area contributed by atoms with Crippen molar-refractivity contribution < 1.29 is 9.47 Å². The molecule has 0 spiro atoms. The predicted octanol–water partition coefficient (Wildman–Crippen LogP) is 0.00970. The van der Waals surface area contributed by atoms with Crippen LogP contribution >= 0.6 is 0 Å². The molecule has 3 heteroatoms. The lowest BCUT2D eigenvalue weighted by Gasteiger charge is -2.11. The highest BCUT2D eigenvalue weighted by Gasteiger charge is 2.14. The largest absolute Gasteiger partial charge is 0.378 e. The molecule has 0 saturated carbocycles. The monoisotopic (exact) mass is 145 g/mol. The SMILES string of the molecule is COC1CNCC(C)OC1. The third kappa shape index (κ3) is 2.25. The van der Waals surface area contributed by atoms with Crippen LogP contribution in [0.15, 0.2) is 0 Å². The Morgan fingerprint density at radius 3 is 3.00 bits per heavy atom. The first-order valence-corrected chi connectivity index (χ1v) is 3.68. The first-order valence-electron chi connectivity index (χ1n) is 3.68. The van der Waals surface area contributed by atoms with Crippen LogP contribution in [0.25, 0.3) is 0 Å². The normalized spacial score (nSPS) is 35.4. The zero-order valence-corrected chi connectivity index (χ0v) is 6.59. The van der Waals surface area contributed by atoms with E-state index >= 15 is 0 Å². The van der Waals surface area contributed by atoms with Crippen molar-refractivity contribution in [2.45, 2.75) is 19.1 Å². The molecule has 1 aliphatic rings. The second-order valence-corrected chi connectivity index (χ2v) is 2.66. The molecule has 1 heterocycles. The highest BCUT2D eigenvalue weighted by Crippen LogP contribution is 1.98. The molecule has 2 unspecified atom stereocenters. The third-order valence-corrected chi connectivity index (χ3v) is 1.70.